The van der Waals surface area contributed by atoms with E-state index in [1.165, 1.54) is 23.9 Å². The topological polar surface area (TPSA) is 97.1 Å². The molecule has 0 atom stereocenters. The van der Waals surface area contributed by atoms with Crippen molar-refractivity contribution in [1.82, 2.24) is 14.8 Å². The van der Waals surface area contributed by atoms with E-state index in [-0.39, 0.29) is 17.2 Å². The Kier molecular flexibility index (Phi) is 6.89. The normalized spacial score (nSPS) is 10.9. The highest BCUT2D eigenvalue weighted by Crippen LogP contribution is 2.26. The molecule has 2 N–H and O–H groups in total. The Morgan fingerprint density at radius 3 is 2.60 bits per heavy atom. The minimum atomic E-state index is -1.04. The third-order valence-electron chi connectivity index (χ3n) is 4.27. The van der Waals surface area contributed by atoms with Crippen LogP contribution in [0.4, 0.5) is 5.69 Å². The van der Waals surface area contributed by atoms with Crippen molar-refractivity contribution in [3.05, 3.63) is 59.7 Å². The van der Waals surface area contributed by atoms with E-state index in [0.717, 1.165) is 23.5 Å². The maximum atomic E-state index is 12.4. The lowest BCUT2D eigenvalue weighted by Crippen LogP contribution is -2.15. The molecule has 0 fully saturated rings. The molecule has 0 aliphatic rings. The van der Waals surface area contributed by atoms with Crippen LogP contribution < -0.4 is 5.32 Å². The minimum Gasteiger partial charge on any atom is -0.478 e. The fraction of sp³-hybridized carbons (Fsp3) is 0.273. The molecule has 1 amide bonds. The Bertz CT molecular complexity index is 1060. The molecule has 0 saturated heterocycles. The number of amides is 1. The first-order valence-electron chi connectivity index (χ1n) is 9.59. The van der Waals surface area contributed by atoms with Crippen LogP contribution in [0.3, 0.4) is 0 Å². The van der Waals surface area contributed by atoms with Crippen molar-refractivity contribution in [1.29, 1.82) is 0 Å². The first-order valence-corrected chi connectivity index (χ1v) is 10.6. The molecule has 8 heteroatoms. The maximum Gasteiger partial charge on any atom is 0.335 e. The molecule has 0 aliphatic carbocycles. The second-order valence-corrected chi connectivity index (χ2v) is 8.35. The van der Waals surface area contributed by atoms with Gasteiger partial charge < -0.3 is 15.0 Å². The van der Waals surface area contributed by atoms with Crippen LogP contribution in [0, 0.1) is 12.8 Å². The van der Waals surface area contributed by atoms with Gasteiger partial charge >= 0.3 is 5.97 Å². The molecular weight excluding hydrogens is 400 g/mol. The Balaban J connectivity index is 1.74. The number of hydrogen-bond acceptors (Lipinski definition) is 5. The van der Waals surface area contributed by atoms with E-state index in [1.54, 1.807) is 12.1 Å². The predicted octanol–water partition coefficient (Wildman–Crippen LogP) is 4.34. The van der Waals surface area contributed by atoms with Crippen LogP contribution in [0.25, 0.3) is 11.4 Å². The first-order chi connectivity index (χ1) is 14.3. The lowest BCUT2D eigenvalue weighted by atomic mass is 10.1. The monoisotopic (exact) mass is 424 g/mol. The molecule has 156 valence electrons. The van der Waals surface area contributed by atoms with Gasteiger partial charge in [-0.05, 0) is 37.1 Å². The van der Waals surface area contributed by atoms with E-state index in [2.05, 4.69) is 35.4 Å². The number of aromatic nitrogens is 3. The summed E-state index contributed by atoms with van der Waals surface area (Å²) in [5.74, 6) is 0.0343. The van der Waals surface area contributed by atoms with Crippen LogP contribution in [-0.2, 0) is 11.3 Å². The van der Waals surface area contributed by atoms with E-state index in [9.17, 15) is 9.59 Å². The molecule has 1 heterocycles. The molecule has 2 aromatic carbocycles. The molecule has 0 unspecified atom stereocenters. The Morgan fingerprint density at radius 1 is 1.13 bits per heavy atom. The molecule has 0 saturated carbocycles. The number of anilines is 1. The Hall–Kier alpha value is -3.13. The summed E-state index contributed by atoms with van der Waals surface area (Å²) in [5, 5.41) is 21.2. The van der Waals surface area contributed by atoms with Gasteiger partial charge in [0.15, 0.2) is 11.0 Å². The fourth-order valence-corrected chi connectivity index (χ4v) is 3.73. The zero-order valence-corrected chi connectivity index (χ0v) is 17.9. The van der Waals surface area contributed by atoms with Gasteiger partial charge in [-0.2, -0.15) is 0 Å². The highest BCUT2D eigenvalue weighted by Gasteiger charge is 2.17. The average molecular weight is 425 g/mol. The molecule has 1 aromatic heterocycles. The summed E-state index contributed by atoms with van der Waals surface area (Å²) >= 11 is 1.31. The quantitative estimate of drug-likeness (QED) is 0.522. The third kappa shape index (κ3) is 5.48. The first kappa shape index (κ1) is 21.6. The van der Waals surface area contributed by atoms with E-state index in [0.29, 0.717) is 16.8 Å². The van der Waals surface area contributed by atoms with E-state index >= 15 is 0 Å². The fourth-order valence-electron chi connectivity index (χ4n) is 2.98. The molecular formula is C22H24N4O3S. The molecule has 0 aliphatic heterocycles. The van der Waals surface area contributed by atoms with Gasteiger partial charge in [-0.1, -0.05) is 55.4 Å². The summed E-state index contributed by atoms with van der Waals surface area (Å²) in [6.45, 7) is 7.01. The number of nitrogens with one attached hydrogen (secondary N) is 1. The molecule has 30 heavy (non-hydrogen) atoms. The van der Waals surface area contributed by atoms with Crippen molar-refractivity contribution in [2.45, 2.75) is 32.5 Å². The number of rotatable bonds is 8. The van der Waals surface area contributed by atoms with E-state index in [4.69, 9.17) is 5.11 Å². The number of aromatic carboxylic acids is 1. The second kappa shape index (κ2) is 9.58. The Labute approximate surface area is 179 Å². The van der Waals surface area contributed by atoms with Gasteiger partial charge in [0.05, 0.1) is 11.3 Å². The smallest absolute Gasteiger partial charge is 0.335 e. The minimum absolute atomic E-state index is 0.125. The molecule has 0 radical (unpaired) electrons. The second-order valence-electron chi connectivity index (χ2n) is 7.40. The SMILES string of the molecule is Cc1cccc(-c2nnc(SCC(=O)Nc3cccc(C(=O)O)c3)n2CC(C)C)c1. The lowest BCUT2D eigenvalue weighted by Gasteiger charge is -2.13. The molecule has 0 spiro atoms. The predicted molar refractivity (Wildman–Crippen MR) is 118 cm³/mol. The molecule has 3 aromatic rings. The molecule has 3 rings (SSSR count). The number of carboxylic acid groups (broad SMARTS) is 1. The largest absolute Gasteiger partial charge is 0.478 e. The summed E-state index contributed by atoms with van der Waals surface area (Å²) in [6.07, 6.45) is 0. The number of carbonyl (C=O) groups excluding carboxylic acids is 1. The van der Waals surface area contributed by atoms with Gasteiger partial charge in [-0.25, -0.2) is 4.79 Å². The zero-order chi connectivity index (χ0) is 21.7. The summed E-state index contributed by atoms with van der Waals surface area (Å²) < 4.78 is 2.04. The van der Waals surface area contributed by atoms with Gasteiger partial charge in [-0.3, -0.25) is 4.79 Å². The van der Waals surface area contributed by atoms with Gasteiger partial charge in [0.2, 0.25) is 5.91 Å². The molecule has 7 nitrogen and oxygen atoms in total. The van der Waals surface area contributed by atoms with Crippen LogP contribution in [-0.4, -0.2) is 37.5 Å². The standard InChI is InChI=1S/C22H24N4O3S/c1-14(2)12-26-20(16-7-4-6-15(3)10-16)24-25-22(26)30-13-19(27)23-18-9-5-8-17(11-18)21(28)29/h4-11,14H,12-13H2,1-3H3,(H,23,27)(H,28,29). The van der Waals surface area contributed by atoms with E-state index in [1.807, 2.05) is 29.7 Å². The van der Waals surface area contributed by atoms with Crippen LogP contribution in [0.1, 0.15) is 29.8 Å². The van der Waals surface area contributed by atoms with Crippen molar-refractivity contribution >= 4 is 29.3 Å². The van der Waals surface area contributed by atoms with Gasteiger partial charge in [0, 0.05) is 17.8 Å². The van der Waals surface area contributed by atoms with Crippen molar-refractivity contribution in [2.24, 2.45) is 5.92 Å². The van der Waals surface area contributed by atoms with Gasteiger partial charge in [-0.15, -0.1) is 10.2 Å². The number of aryl methyl sites for hydroxylation is 1. The number of benzene rings is 2. The van der Waals surface area contributed by atoms with Crippen molar-refractivity contribution < 1.29 is 14.7 Å². The molecule has 0 bridgehead atoms. The third-order valence-corrected chi connectivity index (χ3v) is 5.23. The highest BCUT2D eigenvalue weighted by atomic mass is 32.2. The summed E-state index contributed by atoms with van der Waals surface area (Å²) in [4.78, 5) is 23.5. The summed E-state index contributed by atoms with van der Waals surface area (Å²) in [5.41, 5.74) is 2.71. The Morgan fingerprint density at radius 2 is 1.90 bits per heavy atom. The lowest BCUT2D eigenvalue weighted by molar-refractivity contribution is -0.113. The maximum absolute atomic E-state index is 12.4. The van der Waals surface area contributed by atoms with Crippen LogP contribution >= 0.6 is 11.8 Å². The van der Waals surface area contributed by atoms with Gasteiger partial charge in [0.1, 0.15) is 0 Å². The number of nitrogens with zero attached hydrogens (tertiary/aromatic N) is 3. The zero-order valence-electron chi connectivity index (χ0n) is 17.1. The number of carbonyl (C=O) groups is 2. The van der Waals surface area contributed by atoms with Gasteiger partial charge in [0.25, 0.3) is 0 Å². The number of hydrogen-bond donors (Lipinski definition) is 2. The van der Waals surface area contributed by atoms with E-state index < -0.39 is 5.97 Å². The van der Waals surface area contributed by atoms with Crippen molar-refractivity contribution in [3.63, 3.8) is 0 Å². The van der Waals surface area contributed by atoms with Crippen LogP contribution in [0.2, 0.25) is 0 Å². The average Bonchev–Trinajstić information content (AvgIpc) is 3.08. The van der Waals surface area contributed by atoms with Crippen LogP contribution in [0.5, 0.6) is 0 Å². The van der Waals surface area contributed by atoms with Crippen molar-refractivity contribution in [2.75, 3.05) is 11.1 Å². The summed E-state index contributed by atoms with van der Waals surface area (Å²) in [6, 6.07) is 14.3. The van der Waals surface area contributed by atoms with Crippen LogP contribution in [0.15, 0.2) is 53.7 Å². The number of thioether (sulfide) groups is 1. The van der Waals surface area contributed by atoms with Crippen molar-refractivity contribution in [3.8, 4) is 11.4 Å². The summed E-state index contributed by atoms with van der Waals surface area (Å²) in [7, 11) is 0. The highest BCUT2D eigenvalue weighted by molar-refractivity contribution is 7.99. The number of carboxylic acids is 1.